The first-order valence-corrected chi connectivity index (χ1v) is 7.25. The third kappa shape index (κ3) is 1.71. The molecule has 6 heteroatoms. The summed E-state index contributed by atoms with van der Waals surface area (Å²) < 4.78 is 5.94. The zero-order chi connectivity index (χ0) is 13.7. The highest BCUT2D eigenvalue weighted by molar-refractivity contribution is 5.75. The lowest BCUT2D eigenvalue weighted by molar-refractivity contribution is -0.124. The van der Waals surface area contributed by atoms with Crippen molar-refractivity contribution in [3.05, 3.63) is 23.3 Å². The predicted octanol–water partition coefficient (Wildman–Crippen LogP) is 1.12. The fourth-order valence-electron chi connectivity index (χ4n) is 2.98. The van der Waals surface area contributed by atoms with Gasteiger partial charge in [-0.3, -0.25) is 0 Å². The van der Waals surface area contributed by atoms with Crippen molar-refractivity contribution in [2.45, 2.75) is 37.9 Å². The molecular formula is C14H18N4O2. The molecule has 1 aromatic heterocycles. The van der Waals surface area contributed by atoms with Gasteiger partial charge < -0.3 is 15.0 Å². The van der Waals surface area contributed by atoms with Gasteiger partial charge in [0.05, 0.1) is 25.4 Å². The average molecular weight is 274 g/mol. The van der Waals surface area contributed by atoms with E-state index in [0.717, 1.165) is 17.1 Å². The number of amides is 2. The SMILES string of the molecule is CCNC(=O)N1CC2(C1)OCc1nc(C3CC3)ncc12. The Hall–Kier alpha value is -1.69. The number of nitrogens with one attached hydrogen (secondary N) is 1. The quantitative estimate of drug-likeness (QED) is 0.877. The Bertz CT molecular complexity index is 564. The monoisotopic (exact) mass is 274 g/mol. The van der Waals surface area contributed by atoms with Crippen LogP contribution in [0.5, 0.6) is 0 Å². The summed E-state index contributed by atoms with van der Waals surface area (Å²) in [6.07, 6.45) is 4.32. The van der Waals surface area contributed by atoms with Gasteiger partial charge in [0.15, 0.2) is 0 Å². The van der Waals surface area contributed by atoms with Crippen LogP contribution in [-0.2, 0) is 16.9 Å². The maximum atomic E-state index is 11.8. The molecule has 3 heterocycles. The van der Waals surface area contributed by atoms with E-state index in [2.05, 4.69) is 15.3 Å². The van der Waals surface area contributed by atoms with E-state index >= 15 is 0 Å². The first-order valence-electron chi connectivity index (χ1n) is 7.25. The number of aromatic nitrogens is 2. The van der Waals surface area contributed by atoms with Gasteiger partial charge in [0, 0.05) is 24.2 Å². The molecule has 106 valence electrons. The molecule has 2 amide bonds. The van der Waals surface area contributed by atoms with Gasteiger partial charge in [0.2, 0.25) is 0 Å². The normalized spacial score (nSPS) is 22.6. The van der Waals surface area contributed by atoms with Gasteiger partial charge in [-0.25, -0.2) is 14.8 Å². The first kappa shape index (κ1) is 12.1. The highest BCUT2D eigenvalue weighted by Crippen LogP contribution is 2.44. The molecule has 0 atom stereocenters. The minimum Gasteiger partial charge on any atom is -0.360 e. The second-order valence-electron chi connectivity index (χ2n) is 5.84. The number of nitrogens with zero attached hydrogens (tertiary/aromatic N) is 3. The van der Waals surface area contributed by atoms with Gasteiger partial charge in [-0.1, -0.05) is 0 Å². The Labute approximate surface area is 117 Å². The van der Waals surface area contributed by atoms with E-state index in [-0.39, 0.29) is 11.6 Å². The molecule has 0 radical (unpaired) electrons. The third-order valence-corrected chi connectivity index (χ3v) is 4.31. The van der Waals surface area contributed by atoms with Gasteiger partial charge in [-0.05, 0) is 19.8 Å². The maximum Gasteiger partial charge on any atom is 0.317 e. The van der Waals surface area contributed by atoms with E-state index in [1.165, 1.54) is 12.8 Å². The van der Waals surface area contributed by atoms with Crippen LogP contribution < -0.4 is 5.32 Å². The molecule has 20 heavy (non-hydrogen) atoms. The van der Waals surface area contributed by atoms with Gasteiger partial charge in [0.1, 0.15) is 11.4 Å². The number of fused-ring (bicyclic) bond motifs is 2. The number of hydrogen-bond donors (Lipinski definition) is 1. The van der Waals surface area contributed by atoms with Crippen LogP contribution in [0.4, 0.5) is 4.79 Å². The largest absolute Gasteiger partial charge is 0.360 e. The van der Waals surface area contributed by atoms with Crippen LogP contribution in [0.1, 0.15) is 42.8 Å². The molecule has 6 nitrogen and oxygen atoms in total. The summed E-state index contributed by atoms with van der Waals surface area (Å²) in [5, 5.41) is 2.81. The number of hydrogen-bond acceptors (Lipinski definition) is 4. The maximum absolute atomic E-state index is 11.8. The first-order chi connectivity index (χ1) is 9.72. The zero-order valence-corrected chi connectivity index (χ0v) is 11.6. The molecule has 1 spiro atoms. The van der Waals surface area contributed by atoms with E-state index < -0.39 is 0 Å². The minimum atomic E-state index is -0.359. The topological polar surface area (TPSA) is 67.4 Å². The number of ether oxygens (including phenoxy) is 1. The summed E-state index contributed by atoms with van der Waals surface area (Å²) >= 11 is 0. The van der Waals surface area contributed by atoms with Crippen molar-refractivity contribution < 1.29 is 9.53 Å². The number of rotatable bonds is 2. The van der Waals surface area contributed by atoms with Crippen molar-refractivity contribution in [3.63, 3.8) is 0 Å². The zero-order valence-electron chi connectivity index (χ0n) is 11.6. The fraction of sp³-hybridized carbons (Fsp3) is 0.643. The molecule has 1 saturated heterocycles. The summed E-state index contributed by atoms with van der Waals surface area (Å²) in [5.74, 6) is 1.52. The van der Waals surface area contributed by atoms with Crippen LogP contribution in [0.15, 0.2) is 6.20 Å². The van der Waals surface area contributed by atoms with E-state index in [1.54, 1.807) is 4.90 Å². The number of urea groups is 1. The molecule has 1 saturated carbocycles. The van der Waals surface area contributed by atoms with Crippen LogP contribution in [0, 0.1) is 0 Å². The predicted molar refractivity (Wildman–Crippen MR) is 71.1 cm³/mol. The van der Waals surface area contributed by atoms with Crippen molar-refractivity contribution in [1.82, 2.24) is 20.2 Å². The van der Waals surface area contributed by atoms with Crippen LogP contribution in [-0.4, -0.2) is 40.5 Å². The van der Waals surface area contributed by atoms with Gasteiger partial charge in [0.25, 0.3) is 0 Å². The second-order valence-corrected chi connectivity index (χ2v) is 5.84. The number of carbonyl (C=O) groups excluding carboxylic acids is 1. The summed E-state index contributed by atoms with van der Waals surface area (Å²) in [5.41, 5.74) is 1.72. The van der Waals surface area contributed by atoms with Crippen LogP contribution >= 0.6 is 0 Å². The van der Waals surface area contributed by atoms with Crippen molar-refractivity contribution in [2.24, 2.45) is 0 Å². The molecule has 1 aromatic rings. The standard InChI is InChI=1S/C14H18N4O2/c1-2-15-13(19)18-7-14(8-18)10-5-16-12(9-3-4-9)17-11(10)6-20-14/h5,9H,2-4,6-8H2,1H3,(H,15,19). The molecule has 0 aromatic carbocycles. The number of likely N-dealkylation sites (tertiary alicyclic amines) is 1. The summed E-state index contributed by atoms with van der Waals surface area (Å²) in [6, 6.07) is -0.0225. The summed E-state index contributed by atoms with van der Waals surface area (Å²) in [6.45, 7) is 4.30. The molecule has 4 rings (SSSR count). The smallest absolute Gasteiger partial charge is 0.317 e. The van der Waals surface area contributed by atoms with Crippen molar-refractivity contribution in [3.8, 4) is 0 Å². The minimum absolute atomic E-state index is 0.0225. The fourth-order valence-corrected chi connectivity index (χ4v) is 2.98. The third-order valence-electron chi connectivity index (χ3n) is 4.31. The lowest BCUT2D eigenvalue weighted by atomic mass is 9.88. The average Bonchev–Trinajstić information content (AvgIpc) is 3.17. The van der Waals surface area contributed by atoms with Gasteiger partial charge in [-0.2, -0.15) is 0 Å². The van der Waals surface area contributed by atoms with Crippen LogP contribution in [0.3, 0.4) is 0 Å². The van der Waals surface area contributed by atoms with Gasteiger partial charge >= 0.3 is 6.03 Å². The Balaban J connectivity index is 1.52. The molecular weight excluding hydrogens is 256 g/mol. The molecule has 1 N–H and O–H groups in total. The van der Waals surface area contributed by atoms with E-state index in [9.17, 15) is 4.79 Å². The molecule has 0 bridgehead atoms. The van der Waals surface area contributed by atoms with E-state index in [1.807, 2.05) is 13.1 Å². The highest BCUT2D eigenvalue weighted by atomic mass is 16.5. The van der Waals surface area contributed by atoms with Crippen LogP contribution in [0.25, 0.3) is 0 Å². The summed E-state index contributed by atoms with van der Waals surface area (Å²) in [4.78, 5) is 22.7. The molecule has 1 aliphatic carbocycles. The number of carbonyl (C=O) groups is 1. The van der Waals surface area contributed by atoms with Gasteiger partial charge in [-0.15, -0.1) is 0 Å². The second kappa shape index (κ2) is 4.15. The summed E-state index contributed by atoms with van der Waals surface area (Å²) in [7, 11) is 0. The van der Waals surface area contributed by atoms with Crippen molar-refractivity contribution in [2.75, 3.05) is 19.6 Å². The Kier molecular flexibility index (Phi) is 2.51. The molecule has 0 unspecified atom stereocenters. The van der Waals surface area contributed by atoms with E-state index in [4.69, 9.17) is 4.74 Å². The molecule has 2 aliphatic heterocycles. The Morgan fingerprint density at radius 3 is 3.05 bits per heavy atom. The molecule has 2 fully saturated rings. The lowest BCUT2D eigenvalue weighted by Gasteiger charge is -2.46. The molecule has 3 aliphatic rings. The van der Waals surface area contributed by atoms with Crippen molar-refractivity contribution >= 4 is 6.03 Å². The highest BCUT2D eigenvalue weighted by Gasteiger charge is 2.52. The van der Waals surface area contributed by atoms with Crippen molar-refractivity contribution in [1.29, 1.82) is 0 Å². The van der Waals surface area contributed by atoms with Crippen LogP contribution in [0.2, 0.25) is 0 Å². The van der Waals surface area contributed by atoms with E-state index in [0.29, 0.717) is 32.2 Å². The Morgan fingerprint density at radius 1 is 1.55 bits per heavy atom. The Morgan fingerprint density at radius 2 is 2.35 bits per heavy atom. The lowest BCUT2D eigenvalue weighted by Crippen LogP contribution is -2.63.